The van der Waals surface area contributed by atoms with Crippen LogP contribution < -0.4 is 0 Å². The number of unbranched alkanes of at least 4 members (excludes halogenated alkanes) is 33. The van der Waals surface area contributed by atoms with Gasteiger partial charge < -0.3 is 39.0 Å². The Morgan fingerprint density at radius 1 is 0.453 bits per heavy atom. The van der Waals surface area contributed by atoms with Crippen LogP contribution in [0.15, 0.2) is 36.5 Å². The van der Waals surface area contributed by atoms with Gasteiger partial charge in [-0.3, -0.25) is 14.4 Å². The maximum absolute atomic E-state index is 13.1. The second-order valence-corrected chi connectivity index (χ2v) is 21.3. The van der Waals surface area contributed by atoms with Gasteiger partial charge in [-0.25, -0.2) is 4.79 Å². The second-order valence-electron chi connectivity index (χ2n) is 21.3. The molecule has 1 rings (SSSR count). The van der Waals surface area contributed by atoms with Crippen LogP contribution in [0.3, 0.4) is 0 Å². The fourth-order valence-electron chi connectivity index (χ4n) is 9.50. The van der Waals surface area contributed by atoms with Crippen LogP contribution in [-0.2, 0) is 42.9 Å². The van der Waals surface area contributed by atoms with Crippen molar-refractivity contribution in [2.24, 2.45) is 0 Å². The van der Waals surface area contributed by atoms with Gasteiger partial charge in [-0.15, -0.1) is 0 Å². The number of aliphatic carboxylic acids is 1. The third-order valence-corrected chi connectivity index (χ3v) is 14.2. The minimum absolute atomic E-state index is 0.0528. The molecule has 1 aliphatic rings. The van der Waals surface area contributed by atoms with Gasteiger partial charge in [0.05, 0.1) is 6.61 Å². The molecule has 0 aromatic heterocycles. The topological polar surface area (TPSA) is 175 Å². The SMILES string of the molecule is CC/C=C\C/C=C\C/C=C\CCCCCCCCCC(=O)OC1C(OCC(COC(=O)CCCCCCCCCCCCCCCCC)OC(=O)CCCCCCCCCCCCCCC)OC(C(=O)O)C(O)C1O. The molecular formula is C63H112O12. The van der Waals surface area contributed by atoms with E-state index < -0.39 is 67.3 Å². The minimum atomic E-state index is -1.90. The van der Waals surface area contributed by atoms with Gasteiger partial charge in [-0.1, -0.05) is 256 Å². The van der Waals surface area contributed by atoms with Gasteiger partial charge in [-0.2, -0.15) is 0 Å². The van der Waals surface area contributed by atoms with Crippen LogP contribution in [0.5, 0.6) is 0 Å². The Morgan fingerprint density at radius 3 is 1.28 bits per heavy atom. The third kappa shape index (κ3) is 41.7. The molecule has 6 atom stereocenters. The average Bonchev–Trinajstić information content (AvgIpc) is 3.39. The molecule has 0 aromatic rings. The lowest BCUT2D eigenvalue weighted by Crippen LogP contribution is -2.61. The number of carboxylic acid groups (broad SMARTS) is 1. The summed E-state index contributed by atoms with van der Waals surface area (Å²) in [6.45, 7) is 5.91. The van der Waals surface area contributed by atoms with E-state index in [0.717, 1.165) is 103 Å². The summed E-state index contributed by atoms with van der Waals surface area (Å²) in [4.78, 5) is 51.2. The number of esters is 3. The van der Waals surface area contributed by atoms with Crippen molar-refractivity contribution < 1.29 is 58.2 Å². The van der Waals surface area contributed by atoms with Crippen LogP contribution in [0, 0.1) is 0 Å². The molecule has 3 N–H and O–H groups in total. The van der Waals surface area contributed by atoms with Crippen molar-refractivity contribution in [1.29, 1.82) is 0 Å². The molecule has 0 bridgehead atoms. The Morgan fingerprint density at radius 2 is 0.840 bits per heavy atom. The molecule has 1 fully saturated rings. The van der Waals surface area contributed by atoms with E-state index in [1.807, 2.05) is 0 Å². The van der Waals surface area contributed by atoms with Crippen LogP contribution in [0.4, 0.5) is 0 Å². The van der Waals surface area contributed by atoms with E-state index in [2.05, 4.69) is 57.2 Å². The molecule has 12 nitrogen and oxygen atoms in total. The Balaban J connectivity index is 2.66. The lowest BCUT2D eigenvalue weighted by atomic mass is 9.98. The third-order valence-electron chi connectivity index (χ3n) is 14.2. The largest absolute Gasteiger partial charge is 0.479 e. The highest BCUT2D eigenvalue weighted by molar-refractivity contribution is 5.74. The van der Waals surface area contributed by atoms with Gasteiger partial charge in [0.15, 0.2) is 24.6 Å². The number of carbonyl (C=O) groups is 4. The number of aliphatic hydroxyl groups excluding tert-OH is 2. The van der Waals surface area contributed by atoms with Crippen LogP contribution in [0.2, 0.25) is 0 Å². The van der Waals surface area contributed by atoms with Gasteiger partial charge in [0, 0.05) is 19.3 Å². The number of hydrogen-bond acceptors (Lipinski definition) is 11. The fourth-order valence-corrected chi connectivity index (χ4v) is 9.50. The first kappa shape index (κ1) is 70.0. The first-order valence-electron chi connectivity index (χ1n) is 31.0. The maximum atomic E-state index is 13.1. The summed E-state index contributed by atoms with van der Waals surface area (Å²) in [5.74, 6) is -3.10. The van der Waals surface area contributed by atoms with Gasteiger partial charge in [0.2, 0.25) is 0 Å². The van der Waals surface area contributed by atoms with Crippen molar-refractivity contribution in [3.05, 3.63) is 36.5 Å². The molecule has 0 aliphatic carbocycles. The monoisotopic (exact) mass is 1060 g/mol. The first-order valence-corrected chi connectivity index (χ1v) is 31.0. The Labute approximate surface area is 457 Å². The summed E-state index contributed by atoms with van der Waals surface area (Å²) >= 11 is 0. The summed E-state index contributed by atoms with van der Waals surface area (Å²) in [6.07, 6.45) is 48.2. The predicted molar refractivity (Wildman–Crippen MR) is 303 cm³/mol. The Hall–Kier alpha value is -3.06. The van der Waals surface area contributed by atoms with Gasteiger partial charge in [0.25, 0.3) is 0 Å². The van der Waals surface area contributed by atoms with E-state index in [-0.39, 0.29) is 25.9 Å². The number of carbonyl (C=O) groups excluding carboxylic acids is 3. The molecule has 75 heavy (non-hydrogen) atoms. The molecule has 0 aromatic carbocycles. The Kier molecular flexibility index (Phi) is 48.2. The number of aliphatic hydroxyl groups is 2. The summed E-state index contributed by atoms with van der Waals surface area (Å²) < 4.78 is 28.5. The van der Waals surface area contributed by atoms with E-state index in [1.54, 1.807) is 0 Å². The van der Waals surface area contributed by atoms with Crippen molar-refractivity contribution >= 4 is 23.9 Å². The zero-order valence-corrected chi connectivity index (χ0v) is 48.1. The molecule has 12 heteroatoms. The van der Waals surface area contributed by atoms with Crippen LogP contribution >= 0.6 is 0 Å². The summed E-state index contributed by atoms with van der Waals surface area (Å²) in [5, 5.41) is 31.5. The fraction of sp³-hybridized carbons (Fsp3) is 0.841. The highest BCUT2D eigenvalue weighted by Gasteiger charge is 2.50. The highest BCUT2D eigenvalue weighted by atomic mass is 16.7. The molecule has 6 unspecified atom stereocenters. The minimum Gasteiger partial charge on any atom is -0.479 e. The van der Waals surface area contributed by atoms with Gasteiger partial charge in [0.1, 0.15) is 18.8 Å². The van der Waals surface area contributed by atoms with Crippen LogP contribution in [-0.4, -0.2) is 89.2 Å². The highest BCUT2D eigenvalue weighted by Crippen LogP contribution is 2.27. The molecule has 436 valence electrons. The summed E-state index contributed by atoms with van der Waals surface area (Å²) in [7, 11) is 0. The molecule has 0 saturated carbocycles. The van der Waals surface area contributed by atoms with E-state index in [4.69, 9.17) is 23.7 Å². The van der Waals surface area contributed by atoms with Crippen molar-refractivity contribution in [3.8, 4) is 0 Å². The van der Waals surface area contributed by atoms with Crippen molar-refractivity contribution in [2.75, 3.05) is 13.2 Å². The van der Waals surface area contributed by atoms with Crippen molar-refractivity contribution in [1.82, 2.24) is 0 Å². The standard InChI is InChI=1S/C63H112O12/c1-4-7-10-13-16-19-22-25-27-28-30-33-36-39-42-45-48-51-57(66)74-61-59(68)58(67)60(62(69)70)75-63(61)72-53-54(73-56(65)50-47-44-41-38-35-31-24-21-18-15-12-9-6-3)52-71-55(64)49-46-43-40-37-34-32-29-26-23-20-17-14-11-8-5-2/h7,10,16,19,25,27,54,58-61,63,67-68H,4-6,8-9,11-15,17-18,20-24,26,28-53H2,1-3H3,(H,69,70)/b10-7-,19-16-,27-25-. The van der Waals surface area contributed by atoms with Crippen LogP contribution in [0.1, 0.15) is 290 Å². The second kappa shape index (κ2) is 51.7. The molecular weight excluding hydrogens is 949 g/mol. The number of rotatable bonds is 53. The van der Waals surface area contributed by atoms with E-state index in [0.29, 0.717) is 19.3 Å². The van der Waals surface area contributed by atoms with Crippen molar-refractivity contribution in [3.63, 3.8) is 0 Å². The number of allylic oxidation sites excluding steroid dienone is 6. The van der Waals surface area contributed by atoms with E-state index in [1.165, 1.54) is 128 Å². The normalized spacial score (nSPS) is 18.3. The zero-order valence-electron chi connectivity index (χ0n) is 48.1. The number of hydrogen-bond donors (Lipinski definition) is 3. The number of ether oxygens (including phenoxy) is 5. The molecule has 1 aliphatic heterocycles. The zero-order chi connectivity index (χ0) is 54.7. The van der Waals surface area contributed by atoms with Gasteiger partial charge in [-0.05, 0) is 51.4 Å². The summed E-state index contributed by atoms with van der Waals surface area (Å²) in [5.41, 5.74) is 0. The molecule has 1 saturated heterocycles. The van der Waals surface area contributed by atoms with E-state index >= 15 is 0 Å². The molecule has 0 radical (unpaired) electrons. The smallest absolute Gasteiger partial charge is 0.335 e. The van der Waals surface area contributed by atoms with Gasteiger partial charge >= 0.3 is 23.9 Å². The lowest BCUT2D eigenvalue weighted by molar-refractivity contribution is -0.301. The number of carboxylic acids is 1. The quantitative estimate of drug-likeness (QED) is 0.0228. The predicted octanol–water partition coefficient (Wildman–Crippen LogP) is 16.0. The maximum Gasteiger partial charge on any atom is 0.335 e. The summed E-state index contributed by atoms with van der Waals surface area (Å²) in [6, 6.07) is 0. The Bertz CT molecular complexity index is 1450. The average molecular weight is 1060 g/mol. The lowest BCUT2D eigenvalue weighted by Gasteiger charge is -2.40. The molecule has 1 heterocycles. The first-order chi connectivity index (χ1) is 36.6. The van der Waals surface area contributed by atoms with Crippen LogP contribution in [0.25, 0.3) is 0 Å². The van der Waals surface area contributed by atoms with Crippen molar-refractivity contribution in [2.45, 2.75) is 327 Å². The van der Waals surface area contributed by atoms with E-state index in [9.17, 15) is 34.5 Å². The molecule has 0 amide bonds. The molecule has 0 spiro atoms.